The van der Waals surface area contributed by atoms with E-state index in [4.69, 9.17) is 14.2 Å². The fraction of sp³-hybridized carbons (Fsp3) is 0.562. The molecule has 1 amide bonds. The monoisotopic (exact) mass is 295 g/mol. The number of hydrogen-bond acceptors (Lipinski definition) is 4. The quantitative estimate of drug-likeness (QED) is 0.775. The highest BCUT2D eigenvalue weighted by Gasteiger charge is 2.15. The molecule has 0 aromatic heterocycles. The van der Waals surface area contributed by atoms with Gasteiger partial charge in [0.05, 0.1) is 19.3 Å². The van der Waals surface area contributed by atoms with E-state index in [9.17, 15) is 4.79 Å². The lowest BCUT2D eigenvalue weighted by atomic mass is 10.2. The largest absolute Gasteiger partial charge is 0.497 e. The van der Waals surface area contributed by atoms with Crippen molar-refractivity contribution < 1.29 is 19.0 Å². The molecule has 0 saturated heterocycles. The molecule has 21 heavy (non-hydrogen) atoms. The van der Waals surface area contributed by atoms with Crippen molar-refractivity contribution in [2.75, 3.05) is 33.9 Å². The molecule has 1 aromatic carbocycles. The van der Waals surface area contributed by atoms with Crippen LogP contribution in [0.4, 0.5) is 0 Å². The first-order chi connectivity index (χ1) is 9.81. The standard InChI is InChI=1S/C16H25NO4/c1-16(2,3)21-12-15(18)17(4)10-11-20-14-8-6-13(19-5)7-9-14/h6-9H,10-12H2,1-5H3. The summed E-state index contributed by atoms with van der Waals surface area (Å²) in [4.78, 5) is 13.5. The maximum atomic E-state index is 11.8. The first-order valence-corrected chi connectivity index (χ1v) is 6.96. The summed E-state index contributed by atoms with van der Waals surface area (Å²) in [5.41, 5.74) is -0.309. The summed E-state index contributed by atoms with van der Waals surface area (Å²) < 4.78 is 16.1. The Morgan fingerprint density at radius 2 is 1.71 bits per heavy atom. The maximum absolute atomic E-state index is 11.8. The van der Waals surface area contributed by atoms with Crippen LogP contribution in [-0.2, 0) is 9.53 Å². The molecule has 0 heterocycles. The van der Waals surface area contributed by atoms with E-state index in [0.29, 0.717) is 13.2 Å². The third-order valence-electron chi connectivity index (χ3n) is 2.81. The molecule has 0 unspecified atom stereocenters. The summed E-state index contributed by atoms with van der Waals surface area (Å²) in [6.07, 6.45) is 0. The Balaban J connectivity index is 2.28. The smallest absolute Gasteiger partial charge is 0.248 e. The number of carbonyl (C=O) groups excluding carboxylic acids is 1. The Morgan fingerprint density at radius 1 is 1.14 bits per heavy atom. The topological polar surface area (TPSA) is 48.0 Å². The van der Waals surface area contributed by atoms with E-state index >= 15 is 0 Å². The van der Waals surface area contributed by atoms with Gasteiger partial charge in [0.25, 0.3) is 0 Å². The van der Waals surface area contributed by atoms with E-state index in [1.165, 1.54) is 0 Å². The predicted octanol–water partition coefficient (Wildman–Crippen LogP) is 2.35. The lowest BCUT2D eigenvalue weighted by Crippen LogP contribution is -2.36. The van der Waals surface area contributed by atoms with Crippen molar-refractivity contribution in [2.45, 2.75) is 26.4 Å². The zero-order valence-corrected chi connectivity index (χ0v) is 13.5. The van der Waals surface area contributed by atoms with Crippen molar-refractivity contribution in [2.24, 2.45) is 0 Å². The lowest BCUT2D eigenvalue weighted by molar-refractivity contribution is -0.140. The first kappa shape index (κ1) is 17.3. The maximum Gasteiger partial charge on any atom is 0.248 e. The van der Waals surface area contributed by atoms with Crippen LogP contribution in [0.3, 0.4) is 0 Å². The second-order valence-electron chi connectivity index (χ2n) is 5.74. The normalized spacial score (nSPS) is 11.1. The summed E-state index contributed by atoms with van der Waals surface area (Å²) in [5.74, 6) is 1.49. The van der Waals surface area contributed by atoms with E-state index in [2.05, 4.69) is 0 Å². The Bertz CT molecular complexity index is 437. The molecule has 5 heteroatoms. The van der Waals surface area contributed by atoms with Gasteiger partial charge in [-0.1, -0.05) is 0 Å². The number of likely N-dealkylation sites (N-methyl/N-ethyl adjacent to an activating group) is 1. The number of methoxy groups -OCH3 is 1. The number of benzene rings is 1. The van der Waals surface area contributed by atoms with Crippen LogP contribution in [0.15, 0.2) is 24.3 Å². The Kier molecular flexibility index (Phi) is 6.49. The van der Waals surface area contributed by atoms with Crippen molar-refractivity contribution >= 4 is 5.91 Å². The number of rotatable bonds is 7. The number of nitrogens with zero attached hydrogens (tertiary/aromatic N) is 1. The molecule has 0 saturated carbocycles. The van der Waals surface area contributed by atoms with E-state index < -0.39 is 0 Å². The third kappa shape index (κ3) is 6.99. The van der Waals surface area contributed by atoms with Crippen molar-refractivity contribution in [3.05, 3.63) is 24.3 Å². The van der Waals surface area contributed by atoms with Gasteiger partial charge in [-0.25, -0.2) is 0 Å². The third-order valence-corrected chi connectivity index (χ3v) is 2.81. The first-order valence-electron chi connectivity index (χ1n) is 6.96. The molecule has 0 aliphatic heterocycles. The average Bonchev–Trinajstić information content (AvgIpc) is 2.44. The summed E-state index contributed by atoms with van der Waals surface area (Å²) in [6.45, 7) is 6.80. The fourth-order valence-corrected chi connectivity index (χ4v) is 1.49. The molecular formula is C16H25NO4. The molecule has 0 aliphatic rings. The van der Waals surface area contributed by atoms with Gasteiger partial charge < -0.3 is 19.1 Å². The van der Waals surface area contributed by atoms with Gasteiger partial charge in [-0.05, 0) is 45.0 Å². The van der Waals surface area contributed by atoms with Gasteiger partial charge >= 0.3 is 0 Å². The molecule has 0 N–H and O–H groups in total. The van der Waals surface area contributed by atoms with Crippen LogP contribution in [0.5, 0.6) is 11.5 Å². The van der Waals surface area contributed by atoms with Gasteiger partial charge in [-0.2, -0.15) is 0 Å². The average molecular weight is 295 g/mol. The molecule has 0 aliphatic carbocycles. The summed E-state index contributed by atoms with van der Waals surface area (Å²) in [7, 11) is 3.36. The van der Waals surface area contributed by atoms with Gasteiger partial charge in [0.15, 0.2) is 0 Å². The van der Waals surface area contributed by atoms with Crippen LogP contribution in [0.2, 0.25) is 0 Å². The highest BCUT2D eigenvalue weighted by molar-refractivity contribution is 5.77. The molecular weight excluding hydrogens is 270 g/mol. The summed E-state index contributed by atoms with van der Waals surface area (Å²) in [6, 6.07) is 7.34. The summed E-state index contributed by atoms with van der Waals surface area (Å²) >= 11 is 0. The van der Waals surface area contributed by atoms with Crippen molar-refractivity contribution in [3.8, 4) is 11.5 Å². The Hall–Kier alpha value is -1.75. The highest BCUT2D eigenvalue weighted by Crippen LogP contribution is 2.16. The van der Waals surface area contributed by atoms with E-state index in [-0.39, 0.29) is 18.1 Å². The number of carbonyl (C=O) groups is 1. The zero-order valence-electron chi connectivity index (χ0n) is 13.5. The number of amides is 1. The van der Waals surface area contributed by atoms with Crippen molar-refractivity contribution in [1.29, 1.82) is 0 Å². The predicted molar refractivity (Wildman–Crippen MR) is 81.8 cm³/mol. The Morgan fingerprint density at radius 3 is 2.24 bits per heavy atom. The van der Waals surface area contributed by atoms with Crippen LogP contribution in [-0.4, -0.2) is 50.3 Å². The van der Waals surface area contributed by atoms with Gasteiger partial charge in [0.1, 0.15) is 24.7 Å². The van der Waals surface area contributed by atoms with Crippen LogP contribution in [0, 0.1) is 0 Å². The molecule has 5 nitrogen and oxygen atoms in total. The van der Waals surface area contributed by atoms with Crippen molar-refractivity contribution in [3.63, 3.8) is 0 Å². The van der Waals surface area contributed by atoms with Crippen LogP contribution < -0.4 is 9.47 Å². The van der Waals surface area contributed by atoms with Gasteiger partial charge in [-0.15, -0.1) is 0 Å². The van der Waals surface area contributed by atoms with E-state index in [1.807, 2.05) is 45.0 Å². The van der Waals surface area contributed by atoms with Gasteiger partial charge in [0.2, 0.25) is 5.91 Å². The van der Waals surface area contributed by atoms with Gasteiger partial charge in [-0.3, -0.25) is 4.79 Å². The highest BCUT2D eigenvalue weighted by atomic mass is 16.5. The van der Waals surface area contributed by atoms with Crippen molar-refractivity contribution in [1.82, 2.24) is 4.90 Å². The minimum atomic E-state index is -0.309. The number of ether oxygens (including phenoxy) is 3. The minimum Gasteiger partial charge on any atom is -0.497 e. The molecule has 0 spiro atoms. The molecule has 0 bridgehead atoms. The minimum absolute atomic E-state index is 0.0525. The molecule has 0 atom stereocenters. The second-order valence-corrected chi connectivity index (χ2v) is 5.74. The summed E-state index contributed by atoms with van der Waals surface area (Å²) in [5, 5.41) is 0. The SMILES string of the molecule is COc1ccc(OCCN(C)C(=O)COC(C)(C)C)cc1. The Labute approximate surface area is 126 Å². The molecule has 1 aromatic rings. The van der Waals surface area contributed by atoms with E-state index in [1.54, 1.807) is 19.1 Å². The second kappa shape index (κ2) is 7.88. The van der Waals surface area contributed by atoms with Crippen LogP contribution in [0.1, 0.15) is 20.8 Å². The molecule has 0 radical (unpaired) electrons. The van der Waals surface area contributed by atoms with Crippen LogP contribution >= 0.6 is 0 Å². The van der Waals surface area contributed by atoms with E-state index in [0.717, 1.165) is 11.5 Å². The van der Waals surface area contributed by atoms with Crippen LogP contribution in [0.25, 0.3) is 0 Å². The lowest BCUT2D eigenvalue weighted by Gasteiger charge is -2.22. The number of hydrogen-bond donors (Lipinski definition) is 0. The molecule has 0 fully saturated rings. The molecule has 118 valence electrons. The van der Waals surface area contributed by atoms with Gasteiger partial charge in [0, 0.05) is 7.05 Å². The zero-order chi connectivity index (χ0) is 15.9. The molecule has 1 rings (SSSR count). The fourth-order valence-electron chi connectivity index (χ4n) is 1.49.